The minimum atomic E-state index is 0.354. The number of Topliss-reactive ketones (excluding diaryl/α,β-unsaturated/α-hetero) is 2. The van der Waals surface area contributed by atoms with Crippen LogP contribution in [0.25, 0.3) is 0 Å². The highest BCUT2D eigenvalue weighted by atomic mass is 16.1. The van der Waals surface area contributed by atoms with Gasteiger partial charge in [-0.25, -0.2) is 0 Å². The predicted molar refractivity (Wildman–Crippen MR) is 305 cm³/mol. The molecule has 0 aromatic heterocycles. The normalized spacial score (nSPS) is 26.9. The van der Waals surface area contributed by atoms with Gasteiger partial charge in [-0.3, -0.25) is 9.59 Å². The molecule has 0 spiro atoms. The summed E-state index contributed by atoms with van der Waals surface area (Å²) in [6.45, 7) is 34.9. The van der Waals surface area contributed by atoms with E-state index in [0.29, 0.717) is 22.4 Å². The van der Waals surface area contributed by atoms with Crippen LogP contribution in [-0.4, -0.2) is 11.6 Å². The fourth-order valence-electron chi connectivity index (χ4n) is 12.8. The fraction of sp³-hybridized carbons (Fsp3) is 0.559. The Kier molecular flexibility index (Phi) is 20.5. The zero-order chi connectivity index (χ0) is 51.5. The summed E-state index contributed by atoms with van der Waals surface area (Å²) in [5, 5.41) is 0. The molecule has 0 radical (unpaired) electrons. The van der Waals surface area contributed by atoms with Gasteiger partial charge in [-0.15, -0.1) is 0 Å². The molecule has 70 heavy (non-hydrogen) atoms. The van der Waals surface area contributed by atoms with Crippen LogP contribution < -0.4 is 0 Å². The van der Waals surface area contributed by atoms with E-state index in [-0.39, 0.29) is 0 Å². The second-order valence-corrected chi connectivity index (χ2v) is 22.4. The Morgan fingerprint density at radius 2 is 0.657 bits per heavy atom. The first-order valence-corrected chi connectivity index (χ1v) is 28.2. The van der Waals surface area contributed by atoms with Crippen LogP contribution >= 0.6 is 0 Å². The molecule has 12 rings (SSSR count). The van der Waals surface area contributed by atoms with E-state index in [0.717, 1.165) is 49.7 Å². The van der Waals surface area contributed by atoms with E-state index in [2.05, 4.69) is 120 Å². The number of hydrogen-bond donors (Lipinski definition) is 0. The molecular weight excluding hydrogens is 849 g/mol. The molecule has 380 valence electrons. The summed E-state index contributed by atoms with van der Waals surface area (Å²) >= 11 is 0. The van der Waals surface area contributed by atoms with E-state index in [1.165, 1.54) is 123 Å². The molecule has 12 aliphatic rings. The van der Waals surface area contributed by atoms with E-state index >= 15 is 0 Å². The third-order valence-electron chi connectivity index (χ3n) is 17.1. The lowest BCUT2D eigenvalue weighted by Gasteiger charge is -2.24. The topological polar surface area (TPSA) is 34.1 Å². The second kappa shape index (κ2) is 25.4. The molecule has 0 heterocycles. The van der Waals surface area contributed by atoms with Crippen molar-refractivity contribution in [3.63, 3.8) is 0 Å². The molecule has 0 aliphatic heterocycles. The van der Waals surface area contributed by atoms with E-state index < -0.39 is 0 Å². The van der Waals surface area contributed by atoms with Crippen molar-refractivity contribution < 1.29 is 9.59 Å². The average molecular weight is 946 g/mol. The highest BCUT2D eigenvalue weighted by Crippen LogP contribution is 2.52. The Balaban J connectivity index is 0.000000154. The zero-order valence-corrected chi connectivity index (χ0v) is 47.6. The van der Waals surface area contributed by atoms with E-state index in [4.69, 9.17) is 0 Å². The van der Waals surface area contributed by atoms with Crippen LogP contribution in [0.5, 0.6) is 0 Å². The predicted octanol–water partition coefficient (Wildman–Crippen LogP) is 20.5. The van der Waals surface area contributed by atoms with Crippen molar-refractivity contribution in [1.82, 2.24) is 0 Å². The number of carbonyl (C=O) groups is 2. The quantitative estimate of drug-likeness (QED) is 0.276. The fourth-order valence-corrected chi connectivity index (χ4v) is 12.8. The maximum Gasteiger partial charge on any atom is 0.163 e. The van der Waals surface area contributed by atoms with Gasteiger partial charge in [-0.05, 0) is 215 Å². The van der Waals surface area contributed by atoms with Crippen LogP contribution in [-0.2, 0) is 9.59 Å². The van der Waals surface area contributed by atoms with Crippen LogP contribution in [0, 0.1) is 10.8 Å². The molecular formula is C68H96O2. The van der Waals surface area contributed by atoms with E-state index in [1.807, 2.05) is 39.8 Å². The lowest BCUT2D eigenvalue weighted by molar-refractivity contribution is -0.115. The maximum absolute atomic E-state index is 11.1. The van der Waals surface area contributed by atoms with E-state index in [1.54, 1.807) is 66.9 Å². The molecule has 0 fully saturated rings. The van der Waals surface area contributed by atoms with Gasteiger partial charge in [0.25, 0.3) is 0 Å². The molecule has 0 saturated carbocycles. The third-order valence-corrected chi connectivity index (χ3v) is 17.1. The van der Waals surface area contributed by atoms with Crippen LogP contribution in [0.4, 0.5) is 0 Å². The Labute approximate surface area is 429 Å². The van der Waals surface area contributed by atoms with Crippen molar-refractivity contribution in [2.24, 2.45) is 10.8 Å². The second-order valence-electron chi connectivity index (χ2n) is 22.4. The van der Waals surface area contributed by atoms with Crippen molar-refractivity contribution >= 4 is 11.6 Å². The smallest absolute Gasteiger partial charge is 0.163 e. The number of carbonyl (C=O) groups excluding carboxylic acids is 2. The Bertz CT molecular complexity index is 2330. The molecule has 2 nitrogen and oxygen atoms in total. The summed E-state index contributed by atoms with van der Waals surface area (Å²) in [6.07, 6.45) is 42.2. The molecule has 2 heteroatoms. The summed E-state index contributed by atoms with van der Waals surface area (Å²) in [5.74, 6) is 0.707. The number of hydrogen-bond acceptors (Lipinski definition) is 2. The lowest BCUT2D eigenvalue weighted by atomic mass is 9.81. The van der Waals surface area contributed by atoms with Crippen LogP contribution in [0.2, 0.25) is 0 Å². The van der Waals surface area contributed by atoms with Gasteiger partial charge in [0, 0.05) is 24.0 Å². The van der Waals surface area contributed by atoms with Gasteiger partial charge in [0.2, 0.25) is 0 Å². The van der Waals surface area contributed by atoms with Gasteiger partial charge >= 0.3 is 0 Å². The highest BCUT2D eigenvalue weighted by Gasteiger charge is 2.37. The first-order chi connectivity index (χ1) is 33.5. The molecule has 0 aromatic carbocycles. The van der Waals surface area contributed by atoms with Crippen LogP contribution in [0.3, 0.4) is 0 Å². The minimum absolute atomic E-state index is 0.354. The van der Waals surface area contributed by atoms with Crippen molar-refractivity contribution in [2.75, 3.05) is 0 Å². The molecule has 2 atom stereocenters. The number of rotatable bonds is 2. The first kappa shape index (κ1) is 56.6. The summed E-state index contributed by atoms with van der Waals surface area (Å²) in [4.78, 5) is 22.2. The Morgan fingerprint density at radius 1 is 0.386 bits per heavy atom. The standard InChI is InChI=1S/2C12H18.2C11H14.2C9H10O.2C2H6/c2*1-4-12(3)6-5-10-7-9(2)8-11(10)12;2*1-3-9-4-5-10-6-8(2)7-11(9)10;2*1-6-4-7-2-3-9(10)8(7)5-6;2*1-2/h2*8H,4-7H2,1-3H3;2*3,7H,4-6H2,1-2H3;2*5H,2-4H2,1H3;2*1-2H3/b;;9-3+;9-3-;;;;. The molecule has 12 aliphatic carbocycles. The number of allylic oxidation sites excluding steroid dienone is 28. The Hall–Kier alpha value is -4.30. The summed E-state index contributed by atoms with van der Waals surface area (Å²) in [6, 6.07) is 0. The van der Waals surface area contributed by atoms with E-state index in [9.17, 15) is 9.59 Å². The van der Waals surface area contributed by atoms with Crippen molar-refractivity contribution in [1.29, 1.82) is 0 Å². The monoisotopic (exact) mass is 945 g/mol. The van der Waals surface area contributed by atoms with Gasteiger partial charge in [0.15, 0.2) is 11.6 Å². The third kappa shape index (κ3) is 13.2. The van der Waals surface area contributed by atoms with Gasteiger partial charge in [-0.1, -0.05) is 171 Å². The molecule has 2 unspecified atom stereocenters. The largest absolute Gasteiger partial charge is 0.294 e. The maximum atomic E-state index is 11.1. The zero-order valence-electron chi connectivity index (χ0n) is 47.6. The average Bonchev–Trinajstić information content (AvgIpc) is 4.18. The van der Waals surface area contributed by atoms with Gasteiger partial charge < -0.3 is 0 Å². The van der Waals surface area contributed by atoms with Crippen molar-refractivity contribution in [3.05, 3.63) is 160 Å². The SMILES string of the molecule is C/C=C1/CCC2=C1C=C(C)C2.C/C=C1\CCC2=C1C=C(C)C2.CC.CC.CC1=CC2=C(CCC2=O)C1.CC1=CC2=C(CCC2=O)C1.CCC1(C)CCC2=C1C=C(C)C2.CCC1(C)CCC2=C1C=C(C)C2. The molecule has 0 bridgehead atoms. The summed E-state index contributed by atoms with van der Waals surface area (Å²) in [7, 11) is 0. The molecule has 0 saturated heterocycles. The molecule has 0 amide bonds. The van der Waals surface area contributed by atoms with Gasteiger partial charge in [0.1, 0.15) is 0 Å². The Morgan fingerprint density at radius 3 is 0.957 bits per heavy atom. The van der Waals surface area contributed by atoms with Crippen molar-refractivity contribution in [3.8, 4) is 0 Å². The van der Waals surface area contributed by atoms with Gasteiger partial charge in [-0.2, -0.15) is 0 Å². The number of ketones is 2. The first-order valence-electron chi connectivity index (χ1n) is 28.2. The molecule has 0 N–H and O–H groups in total. The van der Waals surface area contributed by atoms with Crippen LogP contribution in [0.15, 0.2) is 160 Å². The van der Waals surface area contributed by atoms with Crippen molar-refractivity contribution in [2.45, 2.75) is 239 Å². The minimum Gasteiger partial charge on any atom is -0.294 e. The summed E-state index contributed by atoms with van der Waals surface area (Å²) in [5.41, 5.74) is 31.2. The van der Waals surface area contributed by atoms with Gasteiger partial charge in [0.05, 0.1) is 0 Å². The lowest BCUT2D eigenvalue weighted by Crippen LogP contribution is -2.12. The highest BCUT2D eigenvalue weighted by molar-refractivity contribution is 6.03. The molecule has 0 aromatic rings. The summed E-state index contributed by atoms with van der Waals surface area (Å²) < 4.78 is 0. The van der Waals surface area contributed by atoms with Crippen LogP contribution in [0.1, 0.15) is 239 Å².